The number of ether oxygens (including phenoxy) is 1. The monoisotopic (exact) mass is 292 g/mol. The average molecular weight is 292 g/mol. The first kappa shape index (κ1) is 17.0. The van der Waals surface area contributed by atoms with E-state index in [0.717, 1.165) is 5.56 Å². The van der Waals surface area contributed by atoms with E-state index in [1.54, 1.807) is 0 Å². The van der Waals surface area contributed by atoms with Crippen molar-refractivity contribution in [2.75, 3.05) is 13.2 Å². The van der Waals surface area contributed by atoms with Crippen molar-refractivity contribution >= 4 is 11.8 Å². The molecule has 116 valence electrons. The summed E-state index contributed by atoms with van der Waals surface area (Å²) >= 11 is 0. The summed E-state index contributed by atoms with van der Waals surface area (Å²) in [7, 11) is 0. The molecule has 0 aliphatic rings. The summed E-state index contributed by atoms with van der Waals surface area (Å²) in [5, 5.41) is 5.23. The Kier molecular flexibility index (Phi) is 6.72. The average Bonchev–Trinajstić information content (AvgIpc) is 2.42. The van der Waals surface area contributed by atoms with E-state index in [0.29, 0.717) is 11.7 Å². The molecule has 0 fully saturated rings. The van der Waals surface area contributed by atoms with Gasteiger partial charge in [-0.05, 0) is 31.4 Å². The van der Waals surface area contributed by atoms with Crippen LogP contribution in [0.2, 0.25) is 0 Å². The Morgan fingerprint density at radius 1 is 1.10 bits per heavy atom. The second-order valence-electron chi connectivity index (χ2n) is 5.48. The lowest BCUT2D eigenvalue weighted by molar-refractivity contribution is -0.127. The maximum absolute atomic E-state index is 11.7. The van der Waals surface area contributed by atoms with Crippen molar-refractivity contribution in [2.24, 2.45) is 0 Å². The summed E-state index contributed by atoms with van der Waals surface area (Å²) < 4.78 is 5.53. The van der Waals surface area contributed by atoms with Gasteiger partial charge >= 0.3 is 0 Å². The maximum Gasteiger partial charge on any atom is 0.258 e. The zero-order valence-electron chi connectivity index (χ0n) is 13.1. The number of carbonyl (C=O) groups excluding carboxylic acids is 2. The van der Waals surface area contributed by atoms with Crippen molar-refractivity contribution in [3.8, 4) is 5.75 Å². The summed E-state index contributed by atoms with van der Waals surface area (Å²) in [6, 6.07) is 7.69. The Bertz CT molecular complexity index is 484. The zero-order valence-corrected chi connectivity index (χ0v) is 13.1. The molecule has 0 saturated heterocycles. The molecule has 0 unspecified atom stereocenters. The SMILES string of the molecule is CC(C)NC(=O)CNC(=O)COc1ccccc1C(C)C. The predicted molar refractivity (Wildman–Crippen MR) is 82.3 cm³/mol. The van der Waals surface area contributed by atoms with Crippen LogP contribution in [0.15, 0.2) is 24.3 Å². The molecule has 0 heterocycles. The molecule has 0 aliphatic carbocycles. The molecule has 0 aromatic heterocycles. The highest BCUT2D eigenvalue weighted by Crippen LogP contribution is 2.25. The van der Waals surface area contributed by atoms with E-state index in [2.05, 4.69) is 24.5 Å². The number of hydrogen-bond acceptors (Lipinski definition) is 3. The third kappa shape index (κ3) is 6.29. The Labute approximate surface area is 126 Å². The molecule has 0 atom stereocenters. The lowest BCUT2D eigenvalue weighted by atomic mass is 10.0. The first-order valence-electron chi connectivity index (χ1n) is 7.18. The van der Waals surface area contributed by atoms with E-state index in [9.17, 15) is 9.59 Å². The van der Waals surface area contributed by atoms with E-state index >= 15 is 0 Å². The summed E-state index contributed by atoms with van der Waals surface area (Å²) in [6.45, 7) is 7.74. The molecule has 2 N–H and O–H groups in total. The third-order valence-electron chi connectivity index (χ3n) is 2.80. The van der Waals surface area contributed by atoms with Gasteiger partial charge in [-0.25, -0.2) is 0 Å². The predicted octanol–water partition coefficient (Wildman–Crippen LogP) is 1.83. The molecule has 2 amide bonds. The van der Waals surface area contributed by atoms with E-state index in [1.165, 1.54) is 0 Å². The molecule has 5 heteroatoms. The van der Waals surface area contributed by atoms with Gasteiger partial charge in [-0.15, -0.1) is 0 Å². The highest BCUT2D eigenvalue weighted by molar-refractivity contribution is 5.85. The minimum atomic E-state index is -0.313. The van der Waals surface area contributed by atoms with Crippen LogP contribution in [0.5, 0.6) is 5.75 Å². The smallest absolute Gasteiger partial charge is 0.258 e. The van der Waals surface area contributed by atoms with E-state index < -0.39 is 0 Å². The van der Waals surface area contributed by atoms with Crippen LogP contribution in [0, 0.1) is 0 Å². The first-order chi connectivity index (χ1) is 9.90. The van der Waals surface area contributed by atoms with Crippen LogP contribution in [0.4, 0.5) is 0 Å². The Balaban J connectivity index is 2.42. The van der Waals surface area contributed by atoms with Gasteiger partial charge in [0.2, 0.25) is 5.91 Å². The molecular weight excluding hydrogens is 268 g/mol. The van der Waals surface area contributed by atoms with Gasteiger partial charge in [0.1, 0.15) is 5.75 Å². The lowest BCUT2D eigenvalue weighted by Crippen LogP contribution is -2.41. The number of carbonyl (C=O) groups is 2. The molecule has 5 nitrogen and oxygen atoms in total. The molecule has 1 aromatic rings. The van der Waals surface area contributed by atoms with Gasteiger partial charge in [0, 0.05) is 6.04 Å². The van der Waals surface area contributed by atoms with Crippen LogP contribution in [0.25, 0.3) is 0 Å². The van der Waals surface area contributed by atoms with Gasteiger partial charge in [-0.3, -0.25) is 9.59 Å². The van der Waals surface area contributed by atoms with E-state index in [-0.39, 0.29) is 31.0 Å². The zero-order chi connectivity index (χ0) is 15.8. The lowest BCUT2D eigenvalue weighted by Gasteiger charge is -2.14. The van der Waals surface area contributed by atoms with Gasteiger partial charge in [-0.2, -0.15) is 0 Å². The summed E-state index contributed by atoms with van der Waals surface area (Å²) in [6.07, 6.45) is 0. The molecule has 0 bridgehead atoms. The number of hydrogen-bond donors (Lipinski definition) is 2. The normalized spacial score (nSPS) is 10.6. The molecule has 1 rings (SSSR count). The third-order valence-corrected chi connectivity index (χ3v) is 2.80. The second kappa shape index (κ2) is 8.29. The highest BCUT2D eigenvalue weighted by Gasteiger charge is 2.10. The van der Waals surface area contributed by atoms with Crippen LogP contribution >= 0.6 is 0 Å². The van der Waals surface area contributed by atoms with E-state index in [4.69, 9.17) is 4.74 Å². The summed E-state index contributed by atoms with van der Waals surface area (Å²) in [4.78, 5) is 23.1. The van der Waals surface area contributed by atoms with Crippen LogP contribution in [-0.2, 0) is 9.59 Å². The fourth-order valence-corrected chi connectivity index (χ4v) is 1.84. The van der Waals surface area contributed by atoms with Crippen LogP contribution < -0.4 is 15.4 Å². The number of amides is 2. The number of nitrogens with one attached hydrogen (secondary N) is 2. The molecule has 0 radical (unpaired) electrons. The van der Waals surface area contributed by atoms with Gasteiger partial charge in [0.25, 0.3) is 5.91 Å². The highest BCUT2D eigenvalue weighted by atomic mass is 16.5. The van der Waals surface area contributed by atoms with Crippen molar-refractivity contribution in [3.05, 3.63) is 29.8 Å². The topological polar surface area (TPSA) is 67.4 Å². The van der Waals surface area contributed by atoms with Gasteiger partial charge in [-0.1, -0.05) is 32.0 Å². The summed E-state index contributed by atoms with van der Waals surface area (Å²) in [5.74, 6) is 0.503. The Morgan fingerprint density at radius 2 is 1.76 bits per heavy atom. The fourth-order valence-electron chi connectivity index (χ4n) is 1.84. The van der Waals surface area contributed by atoms with Gasteiger partial charge in [0.15, 0.2) is 6.61 Å². The Hall–Kier alpha value is -2.04. The van der Waals surface area contributed by atoms with Gasteiger partial charge in [0.05, 0.1) is 6.54 Å². The molecule has 1 aromatic carbocycles. The van der Waals surface area contributed by atoms with Crippen molar-refractivity contribution in [2.45, 2.75) is 39.7 Å². The summed E-state index contributed by atoms with van der Waals surface area (Å²) in [5.41, 5.74) is 1.06. The largest absolute Gasteiger partial charge is 0.483 e. The Morgan fingerprint density at radius 3 is 2.38 bits per heavy atom. The van der Waals surface area contributed by atoms with Crippen molar-refractivity contribution in [1.82, 2.24) is 10.6 Å². The van der Waals surface area contributed by atoms with Crippen molar-refractivity contribution in [3.63, 3.8) is 0 Å². The minimum Gasteiger partial charge on any atom is -0.483 e. The molecule has 0 aliphatic heterocycles. The van der Waals surface area contributed by atoms with Crippen LogP contribution in [0.3, 0.4) is 0 Å². The number of benzene rings is 1. The molecule has 0 spiro atoms. The minimum absolute atomic E-state index is 0.0355. The second-order valence-corrected chi connectivity index (χ2v) is 5.48. The molecule has 21 heavy (non-hydrogen) atoms. The van der Waals surface area contributed by atoms with Crippen molar-refractivity contribution in [1.29, 1.82) is 0 Å². The van der Waals surface area contributed by atoms with Crippen LogP contribution in [-0.4, -0.2) is 31.0 Å². The van der Waals surface area contributed by atoms with Crippen molar-refractivity contribution < 1.29 is 14.3 Å². The molecule has 0 saturated carbocycles. The standard InChI is InChI=1S/C16H24N2O3/c1-11(2)13-7-5-6-8-14(13)21-10-16(20)17-9-15(19)18-12(3)4/h5-8,11-12H,9-10H2,1-4H3,(H,17,20)(H,18,19). The quantitative estimate of drug-likeness (QED) is 0.805. The number of rotatable bonds is 7. The maximum atomic E-state index is 11.7. The number of para-hydroxylation sites is 1. The van der Waals surface area contributed by atoms with Gasteiger partial charge < -0.3 is 15.4 Å². The fraction of sp³-hybridized carbons (Fsp3) is 0.500. The van der Waals surface area contributed by atoms with Crippen LogP contribution in [0.1, 0.15) is 39.2 Å². The van der Waals surface area contributed by atoms with E-state index in [1.807, 2.05) is 38.1 Å². The molecular formula is C16H24N2O3. The first-order valence-corrected chi connectivity index (χ1v) is 7.18.